The molecule has 0 nitrogen and oxygen atoms in total. The summed E-state index contributed by atoms with van der Waals surface area (Å²) in [6, 6.07) is 0. The van der Waals surface area contributed by atoms with Crippen LogP contribution < -0.4 is 0 Å². The van der Waals surface area contributed by atoms with Gasteiger partial charge in [-0.3, -0.25) is 0 Å². The van der Waals surface area contributed by atoms with Crippen molar-refractivity contribution in [3.05, 3.63) is 23.8 Å². The Hall–Kier alpha value is -0.730. The second-order valence-corrected chi connectivity index (χ2v) is 3.20. The van der Waals surface area contributed by atoms with E-state index in [1.807, 2.05) is 0 Å². The van der Waals surface area contributed by atoms with Gasteiger partial charge in [0.1, 0.15) is 0 Å². The fraction of sp³-hybridized carbons (Fsp3) is 0.556. The van der Waals surface area contributed by atoms with E-state index < -0.39 is 18.0 Å². The van der Waals surface area contributed by atoms with Crippen LogP contribution in [0, 0.1) is 11.8 Å². The maximum absolute atomic E-state index is 12.2. The zero-order chi connectivity index (χ0) is 9.35. The molecule has 0 aromatic heterocycles. The van der Waals surface area contributed by atoms with Crippen LogP contribution in [0.25, 0.3) is 0 Å². The Morgan fingerprint density at radius 3 is 2.33 bits per heavy atom. The summed E-state index contributed by atoms with van der Waals surface area (Å²) in [5, 5.41) is 0. The van der Waals surface area contributed by atoms with E-state index in [-0.39, 0.29) is 0 Å². The lowest BCUT2D eigenvalue weighted by atomic mass is 9.87. The largest absolute Gasteiger partial charge is 0.395 e. The minimum absolute atomic E-state index is 0.435. The number of allylic oxidation sites excluding steroid dienone is 4. The predicted molar refractivity (Wildman–Crippen MR) is 41.6 cm³/mol. The first-order valence-corrected chi connectivity index (χ1v) is 3.84. The average Bonchev–Trinajstić information content (AvgIpc) is 1.83. The minimum atomic E-state index is -4.10. The molecule has 0 aromatic rings. The van der Waals surface area contributed by atoms with Gasteiger partial charge in [0.2, 0.25) is 0 Å². The lowest BCUT2D eigenvalue weighted by Gasteiger charge is -2.24. The summed E-state index contributed by atoms with van der Waals surface area (Å²) in [4.78, 5) is 0. The Labute approximate surface area is 69.8 Å². The monoisotopic (exact) mass is 176 g/mol. The van der Waals surface area contributed by atoms with E-state index in [4.69, 9.17) is 0 Å². The van der Waals surface area contributed by atoms with Crippen LogP contribution in [-0.2, 0) is 0 Å². The third-order valence-corrected chi connectivity index (χ3v) is 2.04. The van der Waals surface area contributed by atoms with Gasteiger partial charge in [-0.05, 0) is 12.8 Å². The molecule has 0 radical (unpaired) electrons. The molecular weight excluding hydrogens is 165 g/mol. The van der Waals surface area contributed by atoms with Crippen LogP contribution >= 0.6 is 0 Å². The van der Waals surface area contributed by atoms with Gasteiger partial charge in [0.25, 0.3) is 0 Å². The molecule has 12 heavy (non-hydrogen) atoms. The highest BCUT2D eigenvalue weighted by Crippen LogP contribution is 2.36. The standard InChI is InChI=1S/C9H11F3/c1-6-3-4-8(7(2)5-6)9(10,11)12/h3-5,7-8H,1-2H3. The summed E-state index contributed by atoms with van der Waals surface area (Å²) in [6.07, 6.45) is 0.309. The summed E-state index contributed by atoms with van der Waals surface area (Å²) in [6.45, 7) is 3.39. The van der Waals surface area contributed by atoms with Crippen LogP contribution in [0.2, 0.25) is 0 Å². The fourth-order valence-corrected chi connectivity index (χ4v) is 1.41. The van der Waals surface area contributed by atoms with Gasteiger partial charge in [0.05, 0.1) is 5.92 Å². The van der Waals surface area contributed by atoms with Gasteiger partial charge >= 0.3 is 6.18 Å². The normalized spacial score (nSPS) is 30.2. The van der Waals surface area contributed by atoms with Crippen LogP contribution in [-0.4, -0.2) is 6.18 Å². The third-order valence-electron chi connectivity index (χ3n) is 2.04. The first-order chi connectivity index (χ1) is 5.41. The van der Waals surface area contributed by atoms with Crippen LogP contribution in [0.15, 0.2) is 23.8 Å². The Balaban J connectivity index is 2.80. The second kappa shape index (κ2) is 2.96. The number of hydrogen-bond donors (Lipinski definition) is 0. The molecule has 2 unspecified atom stereocenters. The molecule has 0 saturated heterocycles. The first-order valence-electron chi connectivity index (χ1n) is 3.84. The van der Waals surface area contributed by atoms with E-state index in [0.29, 0.717) is 0 Å². The fourth-order valence-electron chi connectivity index (χ4n) is 1.41. The average molecular weight is 176 g/mol. The molecule has 1 aliphatic rings. The van der Waals surface area contributed by atoms with Gasteiger partial charge in [-0.15, -0.1) is 0 Å². The van der Waals surface area contributed by atoms with E-state index >= 15 is 0 Å². The quantitative estimate of drug-likeness (QED) is 0.531. The van der Waals surface area contributed by atoms with Crippen LogP contribution in [0.3, 0.4) is 0 Å². The van der Waals surface area contributed by atoms with Crippen LogP contribution in [0.1, 0.15) is 13.8 Å². The summed E-state index contributed by atoms with van der Waals surface area (Å²) in [5.41, 5.74) is 0.906. The Bertz CT molecular complexity index is 222. The predicted octanol–water partition coefficient (Wildman–Crippen LogP) is 3.32. The molecule has 0 fully saturated rings. The zero-order valence-corrected chi connectivity index (χ0v) is 7.02. The van der Waals surface area contributed by atoms with E-state index in [0.717, 1.165) is 5.57 Å². The molecule has 0 aliphatic heterocycles. The molecule has 0 bridgehead atoms. The Kier molecular flexibility index (Phi) is 2.31. The van der Waals surface area contributed by atoms with Crippen molar-refractivity contribution < 1.29 is 13.2 Å². The van der Waals surface area contributed by atoms with E-state index in [2.05, 4.69) is 0 Å². The van der Waals surface area contributed by atoms with Crippen molar-refractivity contribution in [1.82, 2.24) is 0 Å². The second-order valence-electron chi connectivity index (χ2n) is 3.20. The van der Waals surface area contributed by atoms with Gasteiger partial charge < -0.3 is 0 Å². The topological polar surface area (TPSA) is 0 Å². The maximum Gasteiger partial charge on any atom is 0.395 e. The van der Waals surface area contributed by atoms with Gasteiger partial charge in [-0.25, -0.2) is 0 Å². The Morgan fingerprint density at radius 2 is 1.92 bits per heavy atom. The number of alkyl halides is 3. The summed E-state index contributed by atoms with van der Waals surface area (Å²) >= 11 is 0. The first kappa shape index (κ1) is 9.36. The molecule has 68 valence electrons. The number of rotatable bonds is 0. The van der Waals surface area contributed by atoms with Gasteiger partial charge in [-0.2, -0.15) is 13.2 Å². The molecule has 1 rings (SSSR count). The molecule has 3 heteroatoms. The lowest BCUT2D eigenvalue weighted by molar-refractivity contribution is -0.169. The zero-order valence-electron chi connectivity index (χ0n) is 7.02. The lowest BCUT2D eigenvalue weighted by Crippen LogP contribution is -2.27. The van der Waals surface area contributed by atoms with Gasteiger partial charge in [0.15, 0.2) is 0 Å². The summed E-state index contributed by atoms with van der Waals surface area (Å²) in [7, 11) is 0. The molecule has 0 amide bonds. The van der Waals surface area contributed by atoms with Crippen molar-refractivity contribution in [2.75, 3.05) is 0 Å². The molecule has 0 spiro atoms. The Morgan fingerprint density at radius 1 is 1.33 bits per heavy atom. The molecule has 0 aromatic carbocycles. The van der Waals surface area contributed by atoms with Crippen molar-refractivity contribution in [3.8, 4) is 0 Å². The number of hydrogen-bond acceptors (Lipinski definition) is 0. The highest BCUT2D eigenvalue weighted by atomic mass is 19.4. The van der Waals surface area contributed by atoms with Crippen molar-refractivity contribution >= 4 is 0 Å². The summed E-state index contributed by atoms with van der Waals surface area (Å²) < 4.78 is 36.7. The third kappa shape index (κ3) is 1.90. The molecule has 0 heterocycles. The minimum Gasteiger partial charge on any atom is -0.170 e. The highest BCUT2D eigenvalue weighted by molar-refractivity contribution is 5.23. The van der Waals surface area contributed by atoms with Gasteiger partial charge in [0, 0.05) is 0 Å². The van der Waals surface area contributed by atoms with Gasteiger partial charge in [-0.1, -0.05) is 30.7 Å². The van der Waals surface area contributed by atoms with E-state index in [1.54, 1.807) is 19.9 Å². The molecular formula is C9H11F3. The molecule has 0 saturated carbocycles. The maximum atomic E-state index is 12.2. The SMILES string of the molecule is CC1=CC(C)C(C(F)(F)F)C=C1. The molecule has 1 aliphatic carbocycles. The van der Waals surface area contributed by atoms with Crippen molar-refractivity contribution in [3.63, 3.8) is 0 Å². The van der Waals surface area contributed by atoms with Crippen LogP contribution in [0.4, 0.5) is 13.2 Å². The van der Waals surface area contributed by atoms with E-state index in [1.165, 1.54) is 12.2 Å². The van der Waals surface area contributed by atoms with Crippen molar-refractivity contribution in [1.29, 1.82) is 0 Å². The van der Waals surface area contributed by atoms with Crippen LogP contribution in [0.5, 0.6) is 0 Å². The smallest absolute Gasteiger partial charge is 0.170 e. The molecule has 0 N–H and O–H groups in total. The number of halogens is 3. The highest BCUT2D eigenvalue weighted by Gasteiger charge is 2.41. The molecule has 2 atom stereocenters. The van der Waals surface area contributed by atoms with Crippen molar-refractivity contribution in [2.24, 2.45) is 11.8 Å². The van der Waals surface area contributed by atoms with E-state index in [9.17, 15) is 13.2 Å². The van der Waals surface area contributed by atoms with Crippen molar-refractivity contribution in [2.45, 2.75) is 20.0 Å². The summed E-state index contributed by atoms with van der Waals surface area (Å²) in [5.74, 6) is -1.74.